The van der Waals surface area contributed by atoms with E-state index in [0.29, 0.717) is 10.2 Å². The number of halogens is 3. The van der Waals surface area contributed by atoms with Crippen molar-refractivity contribution in [2.24, 2.45) is 0 Å². The predicted octanol–water partition coefficient (Wildman–Crippen LogP) is 3.53. The van der Waals surface area contributed by atoms with Crippen molar-refractivity contribution in [1.29, 1.82) is 0 Å². The first-order chi connectivity index (χ1) is 12.8. The number of hydrogen-bond acceptors (Lipinski definition) is 4. The molecule has 27 heavy (non-hydrogen) atoms. The van der Waals surface area contributed by atoms with Crippen LogP contribution in [0.1, 0.15) is 17.5 Å². The highest BCUT2D eigenvalue weighted by Crippen LogP contribution is 2.32. The summed E-state index contributed by atoms with van der Waals surface area (Å²) in [6, 6.07) is 6.84. The van der Waals surface area contributed by atoms with Crippen LogP contribution >= 0.6 is 11.3 Å². The van der Waals surface area contributed by atoms with Gasteiger partial charge in [-0.05, 0) is 23.1 Å². The zero-order valence-corrected chi connectivity index (χ0v) is 15.2. The molecule has 142 valence electrons. The number of amides is 1. The van der Waals surface area contributed by atoms with E-state index in [9.17, 15) is 22.8 Å². The van der Waals surface area contributed by atoms with E-state index in [0.717, 1.165) is 6.07 Å². The topological polar surface area (TPSA) is 55.2 Å². The average Bonchev–Trinajstić information content (AvgIpc) is 3.10. The Morgan fingerprint density at radius 2 is 2.00 bits per heavy atom. The van der Waals surface area contributed by atoms with Gasteiger partial charge >= 0.3 is 6.18 Å². The highest BCUT2D eigenvalue weighted by Gasteiger charge is 2.33. The number of benzene rings is 1. The van der Waals surface area contributed by atoms with Crippen molar-refractivity contribution < 1.29 is 18.0 Å². The van der Waals surface area contributed by atoms with Crippen LogP contribution in [0.25, 0.3) is 10.2 Å². The van der Waals surface area contributed by atoms with Crippen LogP contribution in [0.5, 0.6) is 0 Å². The van der Waals surface area contributed by atoms with E-state index < -0.39 is 11.7 Å². The van der Waals surface area contributed by atoms with Crippen molar-refractivity contribution in [3.63, 3.8) is 0 Å². The lowest BCUT2D eigenvalue weighted by Crippen LogP contribution is -2.30. The van der Waals surface area contributed by atoms with Gasteiger partial charge in [0.2, 0.25) is 5.91 Å². The van der Waals surface area contributed by atoms with Crippen molar-refractivity contribution in [3.05, 3.63) is 63.5 Å². The molecule has 9 heteroatoms. The number of hydrogen-bond donors (Lipinski definition) is 0. The Hall–Kier alpha value is -2.68. The fourth-order valence-corrected chi connectivity index (χ4v) is 3.46. The van der Waals surface area contributed by atoms with Crippen LogP contribution in [0.3, 0.4) is 0 Å². The molecule has 0 aliphatic rings. The Balaban J connectivity index is 1.68. The molecule has 1 aromatic carbocycles. The van der Waals surface area contributed by atoms with Gasteiger partial charge in [-0.25, -0.2) is 4.98 Å². The molecule has 1 amide bonds. The molecular formula is C18H16F3N3O2S. The minimum Gasteiger partial charge on any atom is -0.341 e. The molecule has 0 saturated heterocycles. The zero-order chi connectivity index (χ0) is 19.6. The molecule has 3 aromatic rings. The van der Waals surface area contributed by atoms with Gasteiger partial charge in [0, 0.05) is 26.6 Å². The summed E-state index contributed by atoms with van der Waals surface area (Å²) in [5, 5.41) is 2.25. The Morgan fingerprint density at radius 1 is 1.26 bits per heavy atom. The van der Waals surface area contributed by atoms with E-state index in [2.05, 4.69) is 4.98 Å². The Morgan fingerprint density at radius 3 is 2.74 bits per heavy atom. The Bertz CT molecular complexity index is 1030. The fraction of sp³-hybridized carbons (Fsp3) is 0.278. The van der Waals surface area contributed by atoms with Crippen LogP contribution in [0.4, 0.5) is 13.2 Å². The van der Waals surface area contributed by atoms with E-state index in [4.69, 9.17) is 0 Å². The first kappa shape index (κ1) is 19.1. The third kappa shape index (κ3) is 4.19. The monoisotopic (exact) mass is 395 g/mol. The number of aromatic nitrogens is 2. The fourth-order valence-electron chi connectivity index (χ4n) is 2.74. The number of carbonyl (C=O) groups excluding carboxylic acids is 1. The second kappa shape index (κ2) is 7.51. The van der Waals surface area contributed by atoms with Gasteiger partial charge in [-0.15, -0.1) is 11.3 Å². The zero-order valence-electron chi connectivity index (χ0n) is 14.4. The number of carbonyl (C=O) groups is 1. The van der Waals surface area contributed by atoms with Gasteiger partial charge in [0.25, 0.3) is 5.56 Å². The number of aryl methyl sites for hydroxylation is 1. The lowest BCUT2D eigenvalue weighted by atomic mass is 10.1. The van der Waals surface area contributed by atoms with Gasteiger partial charge in [-0.1, -0.05) is 18.2 Å². The average molecular weight is 395 g/mol. The molecular weight excluding hydrogens is 379 g/mol. The predicted molar refractivity (Wildman–Crippen MR) is 96.4 cm³/mol. The minimum absolute atomic E-state index is 0.0120. The van der Waals surface area contributed by atoms with Crippen LogP contribution in [-0.4, -0.2) is 27.4 Å². The van der Waals surface area contributed by atoms with E-state index in [1.807, 2.05) is 0 Å². The molecule has 0 N–H and O–H groups in total. The molecule has 0 atom stereocenters. The van der Waals surface area contributed by atoms with Crippen LogP contribution in [0.15, 0.2) is 46.8 Å². The number of alkyl halides is 3. The third-order valence-electron chi connectivity index (χ3n) is 4.17. The van der Waals surface area contributed by atoms with Crippen LogP contribution in [0, 0.1) is 0 Å². The highest BCUT2D eigenvalue weighted by atomic mass is 32.1. The standard InChI is InChI=1S/C18H16F3N3O2S/c1-23(10-12-4-2-3-5-14(12)18(19,20)21)15(25)6-8-24-11-22-16-13(17(24)26)7-9-27-16/h2-5,7,9,11H,6,8,10H2,1H3. The van der Waals surface area contributed by atoms with E-state index >= 15 is 0 Å². The normalized spacial score (nSPS) is 11.7. The quantitative estimate of drug-likeness (QED) is 0.664. The van der Waals surface area contributed by atoms with Crippen LogP contribution in [-0.2, 0) is 24.1 Å². The second-order valence-corrected chi connectivity index (χ2v) is 6.93. The molecule has 3 rings (SSSR count). The maximum absolute atomic E-state index is 13.1. The van der Waals surface area contributed by atoms with Gasteiger partial charge in [0.05, 0.1) is 17.3 Å². The van der Waals surface area contributed by atoms with Gasteiger partial charge in [0.15, 0.2) is 0 Å². The number of thiophene rings is 1. The van der Waals surface area contributed by atoms with Gasteiger partial charge in [-0.2, -0.15) is 13.2 Å². The molecule has 0 aliphatic carbocycles. The van der Waals surface area contributed by atoms with Crippen molar-refractivity contribution in [2.75, 3.05) is 7.05 Å². The van der Waals surface area contributed by atoms with Crippen LogP contribution in [0.2, 0.25) is 0 Å². The molecule has 0 fully saturated rings. The lowest BCUT2D eigenvalue weighted by Gasteiger charge is -2.20. The summed E-state index contributed by atoms with van der Waals surface area (Å²) in [5.74, 6) is -0.357. The Kier molecular flexibility index (Phi) is 5.31. The molecule has 2 heterocycles. The molecule has 0 unspecified atom stereocenters. The van der Waals surface area contributed by atoms with Crippen molar-refractivity contribution >= 4 is 27.5 Å². The summed E-state index contributed by atoms with van der Waals surface area (Å²) in [5.41, 5.74) is -0.966. The summed E-state index contributed by atoms with van der Waals surface area (Å²) in [7, 11) is 1.44. The first-order valence-electron chi connectivity index (χ1n) is 8.09. The summed E-state index contributed by atoms with van der Waals surface area (Å²) < 4.78 is 40.5. The first-order valence-corrected chi connectivity index (χ1v) is 8.97. The molecule has 2 aromatic heterocycles. The molecule has 0 spiro atoms. The number of rotatable bonds is 5. The van der Waals surface area contributed by atoms with Crippen LogP contribution < -0.4 is 5.56 Å². The summed E-state index contributed by atoms with van der Waals surface area (Å²) in [6.07, 6.45) is -3.11. The highest BCUT2D eigenvalue weighted by molar-refractivity contribution is 7.16. The SMILES string of the molecule is CN(Cc1ccccc1C(F)(F)F)C(=O)CCn1cnc2sccc2c1=O. The maximum atomic E-state index is 13.1. The van der Waals surface area contributed by atoms with E-state index in [-0.39, 0.29) is 36.5 Å². The summed E-state index contributed by atoms with van der Waals surface area (Å²) in [6.45, 7) is -0.0487. The van der Waals surface area contributed by atoms with Crippen molar-refractivity contribution in [2.45, 2.75) is 25.7 Å². The summed E-state index contributed by atoms with van der Waals surface area (Å²) >= 11 is 1.35. The maximum Gasteiger partial charge on any atom is 0.416 e. The van der Waals surface area contributed by atoms with Gasteiger partial charge in [-0.3, -0.25) is 14.2 Å². The smallest absolute Gasteiger partial charge is 0.341 e. The van der Waals surface area contributed by atoms with Gasteiger partial charge in [0.1, 0.15) is 4.83 Å². The second-order valence-electron chi connectivity index (χ2n) is 6.04. The van der Waals surface area contributed by atoms with E-state index in [1.165, 1.54) is 52.4 Å². The largest absolute Gasteiger partial charge is 0.416 e. The minimum atomic E-state index is -4.48. The molecule has 0 radical (unpaired) electrons. The lowest BCUT2D eigenvalue weighted by molar-refractivity contribution is -0.139. The number of fused-ring (bicyclic) bond motifs is 1. The van der Waals surface area contributed by atoms with Crippen molar-refractivity contribution in [1.82, 2.24) is 14.5 Å². The Labute approximate surface area is 156 Å². The molecule has 5 nitrogen and oxygen atoms in total. The van der Waals surface area contributed by atoms with Gasteiger partial charge < -0.3 is 4.90 Å². The third-order valence-corrected chi connectivity index (χ3v) is 4.99. The van der Waals surface area contributed by atoms with E-state index in [1.54, 1.807) is 11.4 Å². The molecule has 0 saturated carbocycles. The number of nitrogens with zero attached hydrogens (tertiary/aromatic N) is 3. The van der Waals surface area contributed by atoms with Crippen molar-refractivity contribution in [3.8, 4) is 0 Å². The summed E-state index contributed by atoms with van der Waals surface area (Å²) in [4.78, 5) is 30.6. The molecule has 0 aliphatic heterocycles. The molecule has 0 bridgehead atoms.